The standard InChI is InChI=1S/C19H27N3O2.ClH/c1-19(18(24)21-12-8-16(20)9-13-21)10-5-11-22(14-19)17(23)15-6-3-2-4-7-15;/h2-4,6-7,16H,5,8-14,20H2,1H3;1H. The Labute approximate surface area is 155 Å². The Bertz CT molecular complexity index is 602. The summed E-state index contributed by atoms with van der Waals surface area (Å²) in [4.78, 5) is 29.5. The number of carbonyl (C=O) groups excluding carboxylic acids is 2. The van der Waals surface area contributed by atoms with Gasteiger partial charge in [0.05, 0.1) is 5.41 Å². The molecule has 138 valence electrons. The molecule has 2 heterocycles. The molecule has 2 fully saturated rings. The Kier molecular flexibility index (Phi) is 6.47. The Morgan fingerprint density at radius 2 is 1.72 bits per heavy atom. The molecule has 1 atom stereocenters. The highest BCUT2D eigenvalue weighted by atomic mass is 35.5. The first-order chi connectivity index (χ1) is 11.5. The van der Waals surface area contributed by atoms with Crippen molar-refractivity contribution < 1.29 is 9.59 Å². The van der Waals surface area contributed by atoms with Gasteiger partial charge in [0.25, 0.3) is 5.91 Å². The van der Waals surface area contributed by atoms with Gasteiger partial charge in [-0.15, -0.1) is 12.4 Å². The van der Waals surface area contributed by atoms with E-state index in [1.165, 1.54) is 0 Å². The van der Waals surface area contributed by atoms with Gasteiger partial charge in [0.1, 0.15) is 0 Å². The maximum absolute atomic E-state index is 13.0. The number of piperidine rings is 2. The monoisotopic (exact) mass is 365 g/mol. The highest BCUT2D eigenvalue weighted by molar-refractivity contribution is 5.95. The van der Waals surface area contributed by atoms with Crippen molar-refractivity contribution in [1.29, 1.82) is 0 Å². The molecule has 2 aliphatic rings. The predicted molar refractivity (Wildman–Crippen MR) is 101 cm³/mol. The minimum atomic E-state index is -0.482. The molecule has 2 aliphatic heterocycles. The number of nitrogens with zero attached hydrogens (tertiary/aromatic N) is 2. The van der Waals surface area contributed by atoms with Crippen molar-refractivity contribution in [2.75, 3.05) is 26.2 Å². The molecule has 0 bridgehead atoms. The first kappa shape index (κ1) is 19.7. The van der Waals surface area contributed by atoms with Gasteiger partial charge in [-0.05, 0) is 44.7 Å². The fraction of sp³-hybridized carbons (Fsp3) is 0.579. The predicted octanol–water partition coefficient (Wildman–Crippen LogP) is 2.30. The van der Waals surface area contributed by atoms with Crippen molar-refractivity contribution in [3.8, 4) is 0 Å². The molecule has 2 amide bonds. The summed E-state index contributed by atoms with van der Waals surface area (Å²) < 4.78 is 0. The van der Waals surface area contributed by atoms with E-state index in [1.807, 2.05) is 47.1 Å². The number of benzene rings is 1. The highest BCUT2D eigenvalue weighted by Crippen LogP contribution is 2.33. The van der Waals surface area contributed by atoms with E-state index >= 15 is 0 Å². The summed E-state index contributed by atoms with van der Waals surface area (Å²) in [5.74, 6) is 0.204. The van der Waals surface area contributed by atoms with E-state index in [9.17, 15) is 9.59 Å². The number of carbonyl (C=O) groups is 2. The number of nitrogens with two attached hydrogens (primary N) is 1. The fourth-order valence-electron chi connectivity index (χ4n) is 3.83. The zero-order valence-corrected chi connectivity index (χ0v) is 15.6. The van der Waals surface area contributed by atoms with Gasteiger partial charge in [0.2, 0.25) is 5.91 Å². The largest absolute Gasteiger partial charge is 0.342 e. The van der Waals surface area contributed by atoms with Crippen LogP contribution < -0.4 is 5.73 Å². The van der Waals surface area contributed by atoms with Crippen molar-refractivity contribution in [3.05, 3.63) is 35.9 Å². The molecule has 0 aromatic heterocycles. The Morgan fingerprint density at radius 3 is 2.36 bits per heavy atom. The average molecular weight is 366 g/mol. The van der Waals surface area contributed by atoms with Gasteiger partial charge in [-0.3, -0.25) is 9.59 Å². The summed E-state index contributed by atoms with van der Waals surface area (Å²) in [6.07, 6.45) is 3.45. The van der Waals surface area contributed by atoms with Crippen molar-refractivity contribution in [3.63, 3.8) is 0 Å². The van der Waals surface area contributed by atoms with Gasteiger partial charge in [0, 0.05) is 37.8 Å². The van der Waals surface area contributed by atoms with Crippen LogP contribution in [0.2, 0.25) is 0 Å². The molecule has 25 heavy (non-hydrogen) atoms. The molecule has 1 aromatic rings. The second-order valence-electron chi connectivity index (χ2n) is 7.39. The lowest BCUT2D eigenvalue weighted by Gasteiger charge is -2.43. The second-order valence-corrected chi connectivity index (χ2v) is 7.39. The Morgan fingerprint density at radius 1 is 1.08 bits per heavy atom. The van der Waals surface area contributed by atoms with E-state index in [0.29, 0.717) is 12.1 Å². The summed E-state index contributed by atoms with van der Waals surface area (Å²) in [6, 6.07) is 9.53. The molecule has 5 nitrogen and oxygen atoms in total. The molecule has 1 aromatic carbocycles. The molecule has 6 heteroatoms. The van der Waals surface area contributed by atoms with Crippen LogP contribution in [0, 0.1) is 5.41 Å². The minimum Gasteiger partial charge on any atom is -0.342 e. The molecule has 3 rings (SSSR count). The van der Waals surface area contributed by atoms with Gasteiger partial charge >= 0.3 is 0 Å². The third-order valence-electron chi connectivity index (χ3n) is 5.35. The van der Waals surface area contributed by atoms with Crippen molar-refractivity contribution in [2.45, 2.75) is 38.6 Å². The minimum absolute atomic E-state index is 0. The van der Waals surface area contributed by atoms with E-state index in [1.54, 1.807) is 0 Å². The van der Waals surface area contributed by atoms with Crippen LogP contribution >= 0.6 is 12.4 Å². The van der Waals surface area contributed by atoms with Gasteiger partial charge in [-0.2, -0.15) is 0 Å². The van der Waals surface area contributed by atoms with Crippen LogP contribution in [-0.4, -0.2) is 53.8 Å². The fourth-order valence-corrected chi connectivity index (χ4v) is 3.83. The first-order valence-electron chi connectivity index (χ1n) is 8.89. The molecule has 2 N–H and O–H groups in total. The lowest BCUT2D eigenvalue weighted by molar-refractivity contribution is -0.144. The SMILES string of the molecule is CC1(C(=O)N2CCC(N)CC2)CCCN(C(=O)c2ccccc2)C1.Cl. The van der Waals surface area contributed by atoms with Crippen molar-refractivity contribution in [1.82, 2.24) is 9.80 Å². The smallest absolute Gasteiger partial charge is 0.253 e. The van der Waals surface area contributed by atoms with Crippen molar-refractivity contribution >= 4 is 24.2 Å². The molecule has 2 saturated heterocycles. The van der Waals surface area contributed by atoms with Crippen LogP contribution in [0.5, 0.6) is 0 Å². The number of likely N-dealkylation sites (tertiary alicyclic amines) is 2. The van der Waals surface area contributed by atoms with Gasteiger partial charge < -0.3 is 15.5 Å². The molecule has 0 spiro atoms. The van der Waals surface area contributed by atoms with Crippen LogP contribution in [-0.2, 0) is 4.79 Å². The lowest BCUT2D eigenvalue weighted by Crippen LogP contribution is -2.55. The summed E-state index contributed by atoms with van der Waals surface area (Å²) in [5, 5.41) is 0. The van der Waals surface area contributed by atoms with Gasteiger partial charge in [-0.25, -0.2) is 0 Å². The summed E-state index contributed by atoms with van der Waals surface area (Å²) in [5.41, 5.74) is 6.15. The quantitative estimate of drug-likeness (QED) is 0.874. The molecule has 0 radical (unpaired) electrons. The molecular formula is C19H28ClN3O2. The molecule has 1 unspecified atom stereocenters. The van der Waals surface area contributed by atoms with E-state index in [-0.39, 0.29) is 30.3 Å². The lowest BCUT2D eigenvalue weighted by atomic mass is 9.79. The number of halogens is 1. The number of hydrogen-bond donors (Lipinski definition) is 1. The molecule has 0 aliphatic carbocycles. The summed E-state index contributed by atoms with van der Waals surface area (Å²) >= 11 is 0. The number of rotatable bonds is 2. The topological polar surface area (TPSA) is 66.6 Å². The van der Waals surface area contributed by atoms with Crippen LogP contribution in [0.15, 0.2) is 30.3 Å². The maximum Gasteiger partial charge on any atom is 0.253 e. The normalized spacial score (nSPS) is 24.6. The molecule has 0 saturated carbocycles. The molecular weight excluding hydrogens is 338 g/mol. The van der Waals surface area contributed by atoms with Gasteiger partial charge in [-0.1, -0.05) is 18.2 Å². The summed E-state index contributed by atoms with van der Waals surface area (Å²) in [7, 11) is 0. The Hall–Kier alpha value is -1.59. The first-order valence-corrected chi connectivity index (χ1v) is 8.89. The zero-order valence-electron chi connectivity index (χ0n) is 14.8. The third kappa shape index (κ3) is 4.33. The van der Waals surface area contributed by atoms with Gasteiger partial charge in [0.15, 0.2) is 0 Å². The van der Waals surface area contributed by atoms with E-state index in [4.69, 9.17) is 5.73 Å². The van der Waals surface area contributed by atoms with E-state index in [0.717, 1.165) is 45.3 Å². The third-order valence-corrected chi connectivity index (χ3v) is 5.35. The Balaban J connectivity index is 0.00000225. The van der Waals surface area contributed by atoms with Crippen LogP contribution in [0.25, 0.3) is 0 Å². The maximum atomic E-state index is 13.0. The summed E-state index contributed by atoms with van der Waals surface area (Å²) in [6.45, 7) is 4.71. The van der Waals surface area contributed by atoms with Crippen LogP contribution in [0.3, 0.4) is 0 Å². The van der Waals surface area contributed by atoms with Crippen LogP contribution in [0.1, 0.15) is 43.0 Å². The number of amides is 2. The number of hydrogen-bond acceptors (Lipinski definition) is 3. The average Bonchev–Trinajstić information content (AvgIpc) is 2.62. The zero-order chi connectivity index (χ0) is 17.2. The second kappa shape index (κ2) is 8.19. The van der Waals surface area contributed by atoms with E-state index in [2.05, 4.69) is 0 Å². The van der Waals surface area contributed by atoms with Crippen molar-refractivity contribution in [2.24, 2.45) is 11.1 Å². The highest BCUT2D eigenvalue weighted by Gasteiger charge is 2.42. The van der Waals surface area contributed by atoms with Crippen LogP contribution in [0.4, 0.5) is 0 Å². The van der Waals surface area contributed by atoms with E-state index < -0.39 is 5.41 Å².